The van der Waals surface area contributed by atoms with Crippen LogP contribution >= 0.6 is 0 Å². The Hall–Kier alpha value is -3.26. The minimum Gasteiger partial charge on any atom is -0.356 e. The Morgan fingerprint density at radius 2 is 1.97 bits per heavy atom. The molecule has 8 heteroatoms. The number of aryl methyl sites for hydroxylation is 1. The van der Waals surface area contributed by atoms with Gasteiger partial charge in [-0.15, -0.1) is 0 Å². The first-order valence-corrected chi connectivity index (χ1v) is 12.0. The first kappa shape index (κ1) is 22.5. The molecule has 0 unspecified atom stereocenters. The fraction of sp³-hybridized carbons (Fsp3) is 0.462. The second kappa shape index (κ2) is 8.51. The molecule has 0 spiro atoms. The second-order valence-corrected chi connectivity index (χ2v) is 10.2. The molecule has 0 aromatic carbocycles. The average molecular weight is 460 g/mol. The van der Waals surface area contributed by atoms with Gasteiger partial charge in [-0.25, -0.2) is 14.5 Å². The van der Waals surface area contributed by atoms with E-state index in [4.69, 9.17) is 4.98 Å². The van der Waals surface area contributed by atoms with Crippen molar-refractivity contribution < 1.29 is 4.79 Å². The van der Waals surface area contributed by atoms with Gasteiger partial charge in [0.05, 0.1) is 23.3 Å². The zero-order valence-corrected chi connectivity index (χ0v) is 20.9. The number of fused-ring (bicyclic) bond motifs is 2. The number of aromatic nitrogens is 5. The van der Waals surface area contributed by atoms with Gasteiger partial charge in [0.1, 0.15) is 17.9 Å². The van der Waals surface area contributed by atoms with Crippen molar-refractivity contribution in [3.63, 3.8) is 0 Å². The van der Waals surface area contributed by atoms with Gasteiger partial charge >= 0.3 is 0 Å². The third kappa shape index (κ3) is 3.86. The van der Waals surface area contributed by atoms with E-state index < -0.39 is 0 Å². The minimum atomic E-state index is 0.297. The molecule has 1 fully saturated rings. The Balaban J connectivity index is 1.47. The number of carbonyl (C=O) groups excluding carboxylic acids is 1. The van der Waals surface area contributed by atoms with Crippen LogP contribution in [0.15, 0.2) is 24.7 Å². The monoisotopic (exact) mass is 459 g/mol. The molecular formula is C26H33N7O. The van der Waals surface area contributed by atoms with E-state index in [1.165, 1.54) is 11.1 Å². The van der Waals surface area contributed by atoms with E-state index in [0.29, 0.717) is 30.6 Å². The molecule has 4 aromatic heterocycles. The number of hydrogen-bond donors (Lipinski definition) is 1. The maximum atomic E-state index is 12.2. The third-order valence-electron chi connectivity index (χ3n) is 6.93. The molecule has 0 saturated carbocycles. The molecule has 0 bridgehead atoms. The summed E-state index contributed by atoms with van der Waals surface area (Å²) in [5.41, 5.74) is 8.72. The van der Waals surface area contributed by atoms with Crippen molar-refractivity contribution in [1.29, 1.82) is 0 Å². The highest BCUT2D eigenvalue weighted by molar-refractivity contribution is 5.90. The summed E-state index contributed by atoms with van der Waals surface area (Å²) in [5, 5.41) is 4.38. The number of aromatic amines is 1. The fourth-order valence-electron chi connectivity index (χ4n) is 5.11. The van der Waals surface area contributed by atoms with Gasteiger partial charge in [0.25, 0.3) is 0 Å². The van der Waals surface area contributed by atoms with Crippen LogP contribution in [0.25, 0.3) is 27.9 Å². The van der Waals surface area contributed by atoms with E-state index in [9.17, 15) is 4.79 Å². The van der Waals surface area contributed by atoms with Gasteiger partial charge in [-0.05, 0) is 57.1 Å². The molecule has 1 aliphatic heterocycles. The molecule has 8 nitrogen and oxygen atoms in total. The number of likely N-dealkylation sites (N-methyl/N-ethyl adjacent to an activating group) is 1. The molecule has 178 valence electrons. The normalized spacial score (nSPS) is 14.6. The summed E-state index contributed by atoms with van der Waals surface area (Å²) in [6, 6.07) is 4.22. The van der Waals surface area contributed by atoms with E-state index in [-0.39, 0.29) is 0 Å². The quantitative estimate of drug-likeness (QED) is 0.450. The first-order chi connectivity index (χ1) is 16.2. The van der Waals surface area contributed by atoms with Crippen LogP contribution in [0.2, 0.25) is 0 Å². The lowest BCUT2D eigenvalue weighted by Crippen LogP contribution is -2.48. The molecule has 1 saturated heterocycles. The molecule has 5 rings (SSSR count). The number of hydrogen-bond acceptors (Lipinski definition) is 6. The summed E-state index contributed by atoms with van der Waals surface area (Å²) in [6.45, 7) is 11.0. The molecule has 0 amide bonds. The molecule has 1 aliphatic rings. The lowest BCUT2D eigenvalue weighted by atomic mass is 9.93. The van der Waals surface area contributed by atoms with E-state index >= 15 is 0 Å². The largest absolute Gasteiger partial charge is 0.356 e. The summed E-state index contributed by atoms with van der Waals surface area (Å²) >= 11 is 0. The Morgan fingerprint density at radius 3 is 2.68 bits per heavy atom. The molecule has 1 N–H and O–H groups in total. The Kier molecular flexibility index (Phi) is 5.64. The molecule has 0 atom stereocenters. The average Bonchev–Trinajstić information content (AvgIpc) is 3.36. The van der Waals surface area contributed by atoms with Crippen LogP contribution < -0.4 is 4.90 Å². The number of nitrogens with zero attached hydrogens (tertiary/aromatic N) is 6. The van der Waals surface area contributed by atoms with Gasteiger partial charge in [-0.2, -0.15) is 5.10 Å². The fourth-order valence-corrected chi connectivity index (χ4v) is 5.11. The van der Waals surface area contributed by atoms with Crippen LogP contribution in [0.5, 0.6) is 0 Å². The first-order valence-electron chi connectivity index (χ1n) is 12.0. The Bertz CT molecular complexity index is 1380. The number of pyridine rings is 2. The van der Waals surface area contributed by atoms with Gasteiger partial charge in [0.15, 0.2) is 5.65 Å². The molecule has 4 aromatic rings. The number of Topliss-reactive ketones (excluding diaryl/α,β-unsaturated/α-hetero) is 1. The second-order valence-electron chi connectivity index (χ2n) is 10.2. The predicted molar refractivity (Wildman–Crippen MR) is 136 cm³/mol. The highest BCUT2D eigenvalue weighted by atomic mass is 16.1. The number of nitrogens with one attached hydrogen (secondary N) is 1. The van der Waals surface area contributed by atoms with E-state index in [0.717, 1.165) is 52.4 Å². The Morgan fingerprint density at radius 1 is 1.21 bits per heavy atom. The number of rotatable bonds is 7. The van der Waals surface area contributed by atoms with Crippen LogP contribution in [0.4, 0.5) is 5.82 Å². The van der Waals surface area contributed by atoms with Crippen molar-refractivity contribution >= 4 is 28.3 Å². The lowest BCUT2D eigenvalue weighted by molar-refractivity contribution is -0.120. The summed E-state index contributed by atoms with van der Waals surface area (Å²) in [7, 11) is 3.88. The zero-order chi connectivity index (χ0) is 24.1. The summed E-state index contributed by atoms with van der Waals surface area (Å²) in [6.07, 6.45) is 4.31. The highest BCUT2D eigenvalue weighted by Crippen LogP contribution is 2.38. The van der Waals surface area contributed by atoms with Crippen molar-refractivity contribution in [1.82, 2.24) is 29.5 Å². The van der Waals surface area contributed by atoms with Gasteiger partial charge in [-0.1, -0.05) is 13.8 Å². The molecule has 34 heavy (non-hydrogen) atoms. The topological polar surface area (TPSA) is 82.4 Å². The van der Waals surface area contributed by atoms with Crippen LogP contribution in [0.1, 0.15) is 42.9 Å². The van der Waals surface area contributed by atoms with Crippen molar-refractivity contribution in [3.05, 3.63) is 41.3 Å². The van der Waals surface area contributed by atoms with Crippen LogP contribution in [-0.4, -0.2) is 69.0 Å². The molecule has 0 radical (unpaired) electrons. The predicted octanol–water partition coefficient (Wildman–Crippen LogP) is 3.97. The third-order valence-corrected chi connectivity index (χ3v) is 6.93. The summed E-state index contributed by atoms with van der Waals surface area (Å²) in [4.78, 5) is 29.5. The summed E-state index contributed by atoms with van der Waals surface area (Å²) in [5.74, 6) is 2.00. The molecular weight excluding hydrogens is 426 g/mol. The van der Waals surface area contributed by atoms with Gasteiger partial charge in [-0.3, -0.25) is 4.79 Å². The summed E-state index contributed by atoms with van der Waals surface area (Å²) < 4.78 is 1.85. The van der Waals surface area contributed by atoms with Gasteiger partial charge in [0.2, 0.25) is 0 Å². The number of H-pyrrole nitrogens is 1. The minimum absolute atomic E-state index is 0.297. The molecule has 5 heterocycles. The highest BCUT2D eigenvalue weighted by Gasteiger charge is 2.30. The molecule has 0 aliphatic carbocycles. The smallest absolute Gasteiger partial charge is 0.158 e. The zero-order valence-electron chi connectivity index (χ0n) is 20.9. The van der Waals surface area contributed by atoms with E-state index in [1.807, 2.05) is 23.5 Å². The van der Waals surface area contributed by atoms with E-state index in [2.05, 4.69) is 66.0 Å². The number of carbonyl (C=O) groups is 1. The standard InChI is InChI=1S/C26H33N7O/c1-15(2)23-24(20-13-33-26(27-14-28-33)17(4)16(20)3)29-21-7-8-22(30-25(21)23)32-10-18(11-32)9-19(34)12-31(5)6/h7-8,13-15,18,29H,9-12H2,1-6H3. The SMILES string of the molecule is Cc1c(-c2[nH]c3ccc(N4CC(CC(=O)CN(C)C)C4)nc3c2C(C)C)cn2ncnc2c1C. The number of ketones is 1. The van der Waals surface area contributed by atoms with Crippen molar-refractivity contribution in [2.45, 2.75) is 40.0 Å². The van der Waals surface area contributed by atoms with Crippen molar-refractivity contribution in [3.8, 4) is 11.3 Å². The Labute approximate surface area is 200 Å². The van der Waals surface area contributed by atoms with Crippen LogP contribution in [0, 0.1) is 19.8 Å². The van der Waals surface area contributed by atoms with Crippen LogP contribution in [-0.2, 0) is 4.79 Å². The van der Waals surface area contributed by atoms with Crippen molar-refractivity contribution in [2.24, 2.45) is 5.92 Å². The maximum absolute atomic E-state index is 12.2. The van der Waals surface area contributed by atoms with Gasteiger partial charge < -0.3 is 14.8 Å². The van der Waals surface area contributed by atoms with Crippen molar-refractivity contribution in [2.75, 3.05) is 38.6 Å². The number of anilines is 1. The lowest BCUT2D eigenvalue weighted by Gasteiger charge is -2.40. The maximum Gasteiger partial charge on any atom is 0.158 e. The van der Waals surface area contributed by atoms with Gasteiger partial charge in [0, 0.05) is 42.8 Å². The van der Waals surface area contributed by atoms with Crippen LogP contribution in [0.3, 0.4) is 0 Å². The van der Waals surface area contributed by atoms with E-state index in [1.54, 1.807) is 6.33 Å².